The van der Waals surface area contributed by atoms with Crippen LogP contribution < -0.4 is 14.2 Å². The van der Waals surface area contributed by atoms with Crippen molar-refractivity contribution in [2.45, 2.75) is 17.4 Å². The SMILES string of the molecule is O=S(=O)(c1ccc2c(c1)OCO2)N1CC[C@H](Oc2cccc3cccnc23)C1. The summed E-state index contributed by atoms with van der Waals surface area (Å²) in [4.78, 5) is 4.59. The van der Waals surface area contributed by atoms with Crippen LogP contribution >= 0.6 is 0 Å². The first kappa shape index (κ1) is 17.3. The first-order valence-electron chi connectivity index (χ1n) is 9.01. The number of fused-ring (bicyclic) bond motifs is 2. The molecule has 2 aliphatic heterocycles. The van der Waals surface area contributed by atoms with Gasteiger partial charge in [-0.3, -0.25) is 4.98 Å². The third kappa shape index (κ3) is 2.94. The van der Waals surface area contributed by atoms with E-state index in [1.165, 1.54) is 10.4 Å². The van der Waals surface area contributed by atoms with Gasteiger partial charge < -0.3 is 14.2 Å². The van der Waals surface area contributed by atoms with Crippen LogP contribution in [0.25, 0.3) is 10.9 Å². The van der Waals surface area contributed by atoms with Crippen LogP contribution in [0.1, 0.15) is 6.42 Å². The third-order valence-corrected chi connectivity index (χ3v) is 6.84. The lowest BCUT2D eigenvalue weighted by molar-refractivity contribution is 0.174. The molecule has 28 heavy (non-hydrogen) atoms. The molecule has 3 aromatic rings. The minimum Gasteiger partial charge on any atom is -0.487 e. The molecule has 5 rings (SSSR count). The number of nitrogens with zero attached hydrogens (tertiary/aromatic N) is 2. The Kier molecular flexibility index (Phi) is 4.10. The molecule has 0 amide bonds. The highest BCUT2D eigenvalue weighted by Gasteiger charge is 2.34. The Bertz CT molecular complexity index is 1140. The van der Waals surface area contributed by atoms with E-state index in [0.29, 0.717) is 36.8 Å². The Morgan fingerprint density at radius 2 is 1.93 bits per heavy atom. The van der Waals surface area contributed by atoms with Crippen LogP contribution in [0.5, 0.6) is 17.2 Å². The lowest BCUT2D eigenvalue weighted by Crippen LogP contribution is -2.31. The number of ether oxygens (including phenoxy) is 3. The summed E-state index contributed by atoms with van der Waals surface area (Å²) in [7, 11) is -3.63. The predicted molar refractivity (Wildman–Crippen MR) is 102 cm³/mol. The van der Waals surface area contributed by atoms with Gasteiger partial charge in [0.2, 0.25) is 16.8 Å². The Balaban J connectivity index is 1.35. The van der Waals surface area contributed by atoms with Crippen LogP contribution in [0.2, 0.25) is 0 Å². The molecule has 3 heterocycles. The normalized spacial score (nSPS) is 19.2. The average molecular weight is 398 g/mol. The molecule has 1 atom stereocenters. The standard InChI is InChI=1S/C20H18N2O5S/c23-28(24,16-6-7-17-19(11-16)26-13-25-17)22-10-8-15(12-22)27-18-5-1-3-14-4-2-9-21-20(14)18/h1-7,9,11,15H,8,10,12-13H2/t15-/m0/s1. The van der Waals surface area contributed by atoms with Crippen molar-refractivity contribution in [3.05, 3.63) is 54.7 Å². The number of para-hydroxylation sites is 1. The largest absolute Gasteiger partial charge is 0.487 e. The van der Waals surface area contributed by atoms with Crippen molar-refractivity contribution in [1.82, 2.24) is 9.29 Å². The maximum atomic E-state index is 13.0. The second-order valence-electron chi connectivity index (χ2n) is 6.74. The summed E-state index contributed by atoms with van der Waals surface area (Å²) < 4.78 is 44.1. The van der Waals surface area contributed by atoms with Gasteiger partial charge in [-0.2, -0.15) is 4.31 Å². The Labute approximate surface area is 162 Å². The van der Waals surface area contributed by atoms with E-state index < -0.39 is 10.0 Å². The van der Waals surface area contributed by atoms with E-state index in [2.05, 4.69) is 4.98 Å². The highest BCUT2D eigenvalue weighted by molar-refractivity contribution is 7.89. The van der Waals surface area contributed by atoms with Crippen LogP contribution in [-0.4, -0.2) is 43.7 Å². The highest BCUT2D eigenvalue weighted by Crippen LogP contribution is 2.35. The molecule has 0 unspecified atom stereocenters. The zero-order chi connectivity index (χ0) is 19.1. The second kappa shape index (κ2) is 6.65. The van der Waals surface area contributed by atoms with E-state index in [0.717, 1.165) is 10.9 Å². The molecule has 1 saturated heterocycles. The molecule has 0 N–H and O–H groups in total. The molecule has 0 aliphatic carbocycles. The quantitative estimate of drug-likeness (QED) is 0.673. The second-order valence-corrected chi connectivity index (χ2v) is 8.68. The minimum atomic E-state index is -3.63. The summed E-state index contributed by atoms with van der Waals surface area (Å²) >= 11 is 0. The Morgan fingerprint density at radius 1 is 1.07 bits per heavy atom. The zero-order valence-electron chi connectivity index (χ0n) is 14.9. The third-order valence-electron chi connectivity index (χ3n) is 4.98. The lowest BCUT2D eigenvalue weighted by Gasteiger charge is -2.18. The van der Waals surface area contributed by atoms with Crippen molar-refractivity contribution in [1.29, 1.82) is 0 Å². The molecule has 7 nitrogen and oxygen atoms in total. The number of benzene rings is 2. The molecule has 0 saturated carbocycles. The van der Waals surface area contributed by atoms with E-state index in [9.17, 15) is 8.42 Å². The smallest absolute Gasteiger partial charge is 0.243 e. The number of pyridine rings is 1. The van der Waals surface area contributed by atoms with E-state index in [1.807, 2.05) is 30.3 Å². The van der Waals surface area contributed by atoms with Gasteiger partial charge in [0.05, 0.1) is 11.4 Å². The average Bonchev–Trinajstić information content (AvgIpc) is 3.37. The van der Waals surface area contributed by atoms with Gasteiger partial charge in [0.25, 0.3) is 0 Å². The fourth-order valence-corrected chi connectivity index (χ4v) is 5.05. The molecule has 8 heteroatoms. The summed E-state index contributed by atoms with van der Waals surface area (Å²) in [6, 6.07) is 14.3. The number of rotatable bonds is 4. The van der Waals surface area contributed by atoms with Crippen LogP contribution in [0, 0.1) is 0 Å². The van der Waals surface area contributed by atoms with Gasteiger partial charge in [-0.25, -0.2) is 8.42 Å². The van der Waals surface area contributed by atoms with Crippen LogP contribution in [0.3, 0.4) is 0 Å². The van der Waals surface area contributed by atoms with E-state index in [4.69, 9.17) is 14.2 Å². The van der Waals surface area contributed by atoms with Gasteiger partial charge in [0.15, 0.2) is 11.5 Å². The van der Waals surface area contributed by atoms with Gasteiger partial charge in [-0.1, -0.05) is 18.2 Å². The molecule has 2 aliphatic rings. The van der Waals surface area contributed by atoms with E-state index in [1.54, 1.807) is 18.3 Å². The van der Waals surface area contributed by atoms with E-state index in [-0.39, 0.29) is 17.8 Å². The Hall–Kier alpha value is -2.84. The summed E-state index contributed by atoms with van der Waals surface area (Å²) in [5, 5.41) is 0.989. The summed E-state index contributed by atoms with van der Waals surface area (Å²) in [5.74, 6) is 1.69. The summed E-state index contributed by atoms with van der Waals surface area (Å²) in [5.41, 5.74) is 0.780. The molecular formula is C20H18N2O5S. The topological polar surface area (TPSA) is 78.0 Å². The van der Waals surface area contributed by atoms with Gasteiger partial charge in [-0.15, -0.1) is 0 Å². The Morgan fingerprint density at radius 3 is 2.86 bits per heavy atom. The van der Waals surface area contributed by atoms with Gasteiger partial charge in [0, 0.05) is 24.2 Å². The molecule has 1 fully saturated rings. The molecule has 0 bridgehead atoms. The molecule has 0 spiro atoms. The fourth-order valence-electron chi connectivity index (χ4n) is 3.55. The summed E-state index contributed by atoms with van der Waals surface area (Å²) in [6.45, 7) is 0.803. The van der Waals surface area contributed by atoms with Crippen molar-refractivity contribution in [3.63, 3.8) is 0 Å². The maximum Gasteiger partial charge on any atom is 0.243 e. The monoisotopic (exact) mass is 398 g/mol. The van der Waals surface area contributed by atoms with Crippen molar-refractivity contribution < 1.29 is 22.6 Å². The first-order valence-corrected chi connectivity index (χ1v) is 10.5. The summed E-state index contributed by atoms with van der Waals surface area (Å²) in [6.07, 6.45) is 2.11. The zero-order valence-corrected chi connectivity index (χ0v) is 15.8. The first-order chi connectivity index (χ1) is 13.6. The predicted octanol–water partition coefficient (Wildman–Crippen LogP) is 2.81. The van der Waals surface area contributed by atoms with Crippen molar-refractivity contribution >= 4 is 20.9 Å². The van der Waals surface area contributed by atoms with Gasteiger partial charge in [-0.05, 0) is 30.7 Å². The van der Waals surface area contributed by atoms with E-state index >= 15 is 0 Å². The van der Waals surface area contributed by atoms with Crippen LogP contribution in [0.4, 0.5) is 0 Å². The number of hydrogen-bond acceptors (Lipinski definition) is 6. The minimum absolute atomic E-state index is 0.109. The van der Waals surface area contributed by atoms with Crippen LogP contribution in [0.15, 0.2) is 59.6 Å². The van der Waals surface area contributed by atoms with Gasteiger partial charge >= 0.3 is 0 Å². The molecule has 144 valence electrons. The maximum absolute atomic E-state index is 13.0. The molecule has 1 aromatic heterocycles. The lowest BCUT2D eigenvalue weighted by atomic mass is 10.2. The number of aromatic nitrogens is 1. The van der Waals surface area contributed by atoms with Crippen LogP contribution in [-0.2, 0) is 10.0 Å². The molecule has 0 radical (unpaired) electrons. The van der Waals surface area contributed by atoms with Gasteiger partial charge in [0.1, 0.15) is 17.4 Å². The number of hydrogen-bond donors (Lipinski definition) is 0. The highest BCUT2D eigenvalue weighted by atomic mass is 32.2. The molecular weight excluding hydrogens is 380 g/mol. The van der Waals surface area contributed by atoms with Crippen molar-refractivity contribution in [2.24, 2.45) is 0 Å². The fraction of sp³-hybridized carbons (Fsp3) is 0.250. The number of sulfonamides is 1. The van der Waals surface area contributed by atoms with Crippen molar-refractivity contribution in [3.8, 4) is 17.2 Å². The molecule has 2 aromatic carbocycles. The van der Waals surface area contributed by atoms with Crippen molar-refractivity contribution in [2.75, 3.05) is 19.9 Å².